The van der Waals surface area contributed by atoms with E-state index in [0.29, 0.717) is 30.1 Å². The summed E-state index contributed by atoms with van der Waals surface area (Å²) >= 11 is 0. The summed E-state index contributed by atoms with van der Waals surface area (Å²) in [5.74, 6) is 0.226. The highest BCUT2D eigenvalue weighted by molar-refractivity contribution is 5.90. The highest BCUT2D eigenvalue weighted by Gasteiger charge is 2.21. The van der Waals surface area contributed by atoms with Gasteiger partial charge in [0.25, 0.3) is 17.6 Å². The van der Waals surface area contributed by atoms with Crippen LogP contribution in [0.4, 0.5) is 4.39 Å². The Morgan fingerprint density at radius 1 is 1.19 bits per heavy atom. The number of rotatable bonds is 7. The molecule has 0 aliphatic carbocycles. The molecular weight excluding hydrogens is 409 g/mol. The molecule has 1 saturated heterocycles. The summed E-state index contributed by atoms with van der Waals surface area (Å²) in [6, 6.07) is 15.7. The van der Waals surface area contributed by atoms with Crippen molar-refractivity contribution in [2.75, 3.05) is 19.6 Å². The van der Waals surface area contributed by atoms with Gasteiger partial charge in [-0.25, -0.2) is 4.39 Å². The highest BCUT2D eigenvalue weighted by Crippen LogP contribution is 2.22. The molecular formula is C24H24FN5O2. The molecule has 7 nitrogen and oxygen atoms in total. The van der Waals surface area contributed by atoms with Gasteiger partial charge in [-0.2, -0.15) is 10.2 Å². The van der Waals surface area contributed by atoms with Crippen molar-refractivity contribution in [2.45, 2.75) is 25.8 Å². The van der Waals surface area contributed by atoms with E-state index in [9.17, 15) is 9.18 Å². The molecule has 1 aromatic heterocycles. The third-order valence-electron chi connectivity index (χ3n) is 5.79. The Labute approximate surface area is 185 Å². The molecule has 0 radical (unpaired) electrons. The smallest absolute Gasteiger partial charge is 0.292 e. The molecule has 4 rings (SSSR count). The minimum Gasteiger partial charge on any atom is -0.349 e. The van der Waals surface area contributed by atoms with Gasteiger partial charge in [0, 0.05) is 24.2 Å². The number of carbonyl (C=O) groups excluding carboxylic acids is 1. The minimum atomic E-state index is -0.370. The predicted molar refractivity (Wildman–Crippen MR) is 116 cm³/mol. The molecule has 2 heterocycles. The maximum atomic E-state index is 13.8. The molecule has 0 spiro atoms. The van der Waals surface area contributed by atoms with E-state index in [1.807, 2.05) is 18.2 Å². The van der Waals surface area contributed by atoms with E-state index in [2.05, 4.69) is 20.4 Å². The van der Waals surface area contributed by atoms with Crippen molar-refractivity contribution >= 4 is 5.91 Å². The highest BCUT2D eigenvalue weighted by atomic mass is 19.1. The second-order valence-corrected chi connectivity index (χ2v) is 7.97. The summed E-state index contributed by atoms with van der Waals surface area (Å²) < 4.78 is 19.0. The van der Waals surface area contributed by atoms with Gasteiger partial charge in [-0.1, -0.05) is 23.4 Å². The first-order chi connectivity index (χ1) is 15.6. The summed E-state index contributed by atoms with van der Waals surface area (Å²) in [4.78, 5) is 18.8. The van der Waals surface area contributed by atoms with Crippen molar-refractivity contribution in [3.8, 4) is 17.5 Å². The summed E-state index contributed by atoms with van der Waals surface area (Å²) in [5.41, 5.74) is 1.92. The topological polar surface area (TPSA) is 95.0 Å². The van der Waals surface area contributed by atoms with Crippen LogP contribution in [0, 0.1) is 23.1 Å². The van der Waals surface area contributed by atoms with Crippen molar-refractivity contribution in [3.05, 3.63) is 71.3 Å². The number of piperidine rings is 1. The first kappa shape index (κ1) is 21.7. The van der Waals surface area contributed by atoms with Gasteiger partial charge in [0.05, 0.1) is 11.6 Å². The van der Waals surface area contributed by atoms with E-state index in [4.69, 9.17) is 9.78 Å². The van der Waals surface area contributed by atoms with Gasteiger partial charge in [-0.15, -0.1) is 0 Å². The van der Waals surface area contributed by atoms with Crippen LogP contribution in [0.2, 0.25) is 0 Å². The van der Waals surface area contributed by atoms with Crippen LogP contribution in [0.25, 0.3) is 11.5 Å². The number of hydrogen-bond acceptors (Lipinski definition) is 6. The van der Waals surface area contributed by atoms with Crippen molar-refractivity contribution in [1.29, 1.82) is 5.26 Å². The molecule has 0 atom stereocenters. The zero-order valence-corrected chi connectivity index (χ0v) is 17.6. The molecule has 32 heavy (non-hydrogen) atoms. The fourth-order valence-electron chi connectivity index (χ4n) is 3.89. The molecule has 1 aliphatic heterocycles. The van der Waals surface area contributed by atoms with Gasteiger partial charge >= 0.3 is 0 Å². The van der Waals surface area contributed by atoms with E-state index >= 15 is 0 Å². The van der Waals surface area contributed by atoms with E-state index < -0.39 is 0 Å². The average Bonchev–Trinajstić information content (AvgIpc) is 3.32. The lowest BCUT2D eigenvalue weighted by Gasteiger charge is -2.32. The predicted octanol–water partition coefficient (Wildman–Crippen LogP) is 3.78. The minimum absolute atomic E-state index is 0.0101. The monoisotopic (exact) mass is 433 g/mol. The van der Waals surface area contributed by atoms with Crippen molar-refractivity contribution in [3.63, 3.8) is 0 Å². The van der Waals surface area contributed by atoms with Gasteiger partial charge < -0.3 is 9.84 Å². The van der Waals surface area contributed by atoms with Gasteiger partial charge in [0.1, 0.15) is 5.82 Å². The summed E-state index contributed by atoms with van der Waals surface area (Å²) in [7, 11) is 0. The van der Waals surface area contributed by atoms with Gasteiger partial charge in [0.2, 0.25) is 0 Å². The van der Waals surface area contributed by atoms with Crippen LogP contribution in [0.5, 0.6) is 0 Å². The van der Waals surface area contributed by atoms with Crippen molar-refractivity contribution in [1.82, 2.24) is 20.4 Å². The second-order valence-electron chi connectivity index (χ2n) is 7.97. The Hall–Kier alpha value is -3.57. The lowest BCUT2D eigenvalue weighted by Crippen LogP contribution is -2.35. The van der Waals surface area contributed by atoms with Crippen LogP contribution < -0.4 is 5.32 Å². The quantitative estimate of drug-likeness (QED) is 0.609. The van der Waals surface area contributed by atoms with Crippen LogP contribution in [0.15, 0.2) is 53.1 Å². The van der Waals surface area contributed by atoms with Gasteiger partial charge in [-0.3, -0.25) is 9.69 Å². The molecule has 0 saturated carbocycles. The Kier molecular flexibility index (Phi) is 6.87. The van der Waals surface area contributed by atoms with Crippen LogP contribution in [-0.4, -0.2) is 40.6 Å². The zero-order chi connectivity index (χ0) is 22.3. The molecule has 0 unspecified atom stereocenters. The van der Waals surface area contributed by atoms with Gasteiger partial charge in [-0.05, 0) is 68.6 Å². The Bertz CT molecular complexity index is 1100. The Morgan fingerprint density at radius 2 is 1.94 bits per heavy atom. The number of benzene rings is 2. The molecule has 1 aliphatic rings. The SMILES string of the molecule is N#Cc1ccc(-c2nc(C(=O)NCCC3CCN(Cc4ccccc4F)CC3)no2)cc1. The fraction of sp³-hybridized carbons (Fsp3) is 0.333. The molecule has 2 aromatic carbocycles. The summed E-state index contributed by atoms with van der Waals surface area (Å²) in [6.45, 7) is 3.02. The lowest BCUT2D eigenvalue weighted by molar-refractivity contribution is 0.0934. The number of nitrogens with zero attached hydrogens (tertiary/aromatic N) is 4. The van der Waals surface area contributed by atoms with E-state index in [0.717, 1.165) is 37.9 Å². The average molecular weight is 433 g/mol. The maximum absolute atomic E-state index is 13.8. The number of nitriles is 1. The number of aromatic nitrogens is 2. The first-order valence-electron chi connectivity index (χ1n) is 10.7. The van der Waals surface area contributed by atoms with Crippen LogP contribution >= 0.6 is 0 Å². The molecule has 3 aromatic rings. The van der Waals surface area contributed by atoms with E-state index in [-0.39, 0.29) is 23.4 Å². The molecule has 1 N–H and O–H groups in total. The summed E-state index contributed by atoms with van der Waals surface area (Å²) in [6.07, 6.45) is 2.92. The molecule has 0 bridgehead atoms. The fourth-order valence-corrected chi connectivity index (χ4v) is 3.89. The molecule has 1 fully saturated rings. The van der Waals surface area contributed by atoms with Gasteiger partial charge in [0.15, 0.2) is 0 Å². The van der Waals surface area contributed by atoms with E-state index in [1.165, 1.54) is 6.07 Å². The zero-order valence-electron chi connectivity index (χ0n) is 17.6. The third-order valence-corrected chi connectivity index (χ3v) is 5.79. The maximum Gasteiger partial charge on any atom is 0.292 e. The standard InChI is InChI=1S/C24H24FN5O2/c25-21-4-2-1-3-20(21)16-30-13-10-17(11-14-30)9-12-27-23(31)22-28-24(32-29-22)19-7-5-18(15-26)6-8-19/h1-8,17H,9-14,16H2,(H,27,31). The number of amides is 1. The Morgan fingerprint density at radius 3 is 2.66 bits per heavy atom. The Balaban J connectivity index is 1.20. The number of halogens is 1. The molecule has 8 heteroatoms. The number of hydrogen-bond donors (Lipinski definition) is 1. The van der Waals surface area contributed by atoms with Crippen LogP contribution in [0.3, 0.4) is 0 Å². The number of carbonyl (C=O) groups is 1. The third kappa shape index (κ3) is 5.37. The first-order valence-corrected chi connectivity index (χ1v) is 10.7. The lowest BCUT2D eigenvalue weighted by atomic mass is 9.93. The van der Waals surface area contributed by atoms with Crippen LogP contribution in [0.1, 0.15) is 41.0 Å². The van der Waals surface area contributed by atoms with E-state index in [1.54, 1.807) is 30.3 Å². The van der Waals surface area contributed by atoms with Crippen LogP contribution in [-0.2, 0) is 6.54 Å². The molecule has 1 amide bonds. The second kappa shape index (κ2) is 10.2. The molecule has 164 valence electrons. The van der Waals surface area contributed by atoms with Crippen molar-refractivity contribution < 1.29 is 13.7 Å². The largest absolute Gasteiger partial charge is 0.349 e. The van der Waals surface area contributed by atoms with Crippen molar-refractivity contribution in [2.24, 2.45) is 5.92 Å². The summed E-state index contributed by atoms with van der Waals surface area (Å²) in [5, 5.41) is 15.5. The number of nitrogens with one attached hydrogen (secondary N) is 1. The normalized spacial score (nSPS) is 14.8. The number of likely N-dealkylation sites (tertiary alicyclic amines) is 1.